The third kappa shape index (κ3) is 3.22. The molecule has 1 heterocycles. The van der Waals surface area contributed by atoms with Gasteiger partial charge < -0.3 is 15.3 Å². The number of aromatic carboxylic acids is 1. The molecule has 0 spiro atoms. The minimum atomic E-state index is -3.87. The fourth-order valence-corrected chi connectivity index (χ4v) is 4.47. The summed E-state index contributed by atoms with van der Waals surface area (Å²) in [6.07, 6.45) is 3.33. The molecule has 0 amide bonds. The maximum atomic E-state index is 12.3. The number of carboxylic acid groups (broad SMARTS) is 1. The Kier molecular flexibility index (Phi) is 4.52. The van der Waals surface area contributed by atoms with E-state index in [0.29, 0.717) is 6.42 Å². The van der Waals surface area contributed by atoms with Gasteiger partial charge in [-0.3, -0.25) is 0 Å². The summed E-state index contributed by atoms with van der Waals surface area (Å²) in [6, 6.07) is 0.398. The second-order valence-corrected chi connectivity index (χ2v) is 7.13. The Hall–Kier alpha value is -0.900. The maximum Gasteiger partial charge on any atom is 0.371 e. The molecule has 1 saturated carbocycles. The van der Waals surface area contributed by atoms with Crippen LogP contribution in [-0.2, 0) is 10.0 Å². The molecule has 2 rings (SSSR count). The molecule has 112 valence electrons. The number of rotatable bonds is 4. The smallest absolute Gasteiger partial charge is 0.371 e. The molecule has 2 atom stereocenters. The highest BCUT2D eigenvalue weighted by Crippen LogP contribution is 2.27. The summed E-state index contributed by atoms with van der Waals surface area (Å²) in [5.41, 5.74) is 5.90. The molecule has 0 saturated heterocycles. The normalized spacial score (nSPS) is 23.7. The molecular formula is C11H15BrN2O5S. The summed E-state index contributed by atoms with van der Waals surface area (Å²) in [7, 11) is -3.87. The van der Waals surface area contributed by atoms with E-state index in [1.54, 1.807) is 0 Å². The number of sulfonamides is 1. The van der Waals surface area contributed by atoms with Gasteiger partial charge in [0.1, 0.15) is 4.90 Å². The van der Waals surface area contributed by atoms with E-state index in [-0.39, 0.29) is 21.6 Å². The van der Waals surface area contributed by atoms with Crippen LogP contribution in [0.3, 0.4) is 0 Å². The monoisotopic (exact) mass is 366 g/mol. The molecule has 0 radical (unpaired) electrons. The highest BCUT2D eigenvalue weighted by molar-refractivity contribution is 9.10. The molecule has 20 heavy (non-hydrogen) atoms. The molecule has 4 N–H and O–H groups in total. The van der Waals surface area contributed by atoms with Crippen LogP contribution in [0.1, 0.15) is 36.2 Å². The summed E-state index contributed by atoms with van der Waals surface area (Å²) >= 11 is 2.92. The fraction of sp³-hybridized carbons (Fsp3) is 0.545. The van der Waals surface area contributed by atoms with Crippen molar-refractivity contribution in [1.82, 2.24) is 4.72 Å². The van der Waals surface area contributed by atoms with Gasteiger partial charge in [0, 0.05) is 18.2 Å². The lowest BCUT2D eigenvalue weighted by molar-refractivity contribution is 0.0661. The van der Waals surface area contributed by atoms with Crippen molar-refractivity contribution in [2.75, 3.05) is 0 Å². The Balaban J connectivity index is 2.24. The minimum absolute atomic E-state index is 0.133. The SMILES string of the molecule is NC1CCCCC1NS(=O)(=O)c1cc(C(=O)O)oc1Br. The average molecular weight is 367 g/mol. The highest BCUT2D eigenvalue weighted by Gasteiger charge is 2.30. The topological polar surface area (TPSA) is 123 Å². The molecule has 1 aliphatic rings. The van der Waals surface area contributed by atoms with Crippen LogP contribution in [0.15, 0.2) is 20.0 Å². The van der Waals surface area contributed by atoms with Gasteiger partial charge >= 0.3 is 5.97 Å². The van der Waals surface area contributed by atoms with Gasteiger partial charge in [0.05, 0.1) is 0 Å². The number of halogens is 1. The van der Waals surface area contributed by atoms with Crippen LogP contribution in [0.2, 0.25) is 0 Å². The van der Waals surface area contributed by atoms with Gasteiger partial charge in [0.2, 0.25) is 15.8 Å². The van der Waals surface area contributed by atoms with Crippen molar-refractivity contribution < 1.29 is 22.7 Å². The second kappa shape index (κ2) is 5.84. The van der Waals surface area contributed by atoms with Crippen LogP contribution in [0, 0.1) is 0 Å². The summed E-state index contributed by atoms with van der Waals surface area (Å²) < 4.78 is 31.7. The highest BCUT2D eigenvalue weighted by atomic mass is 79.9. The number of hydrogen-bond donors (Lipinski definition) is 3. The first-order chi connectivity index (χ1) is 9.31. The van der Waals surface area contributed by atoms with Crippen LogP contribution >= 0.6 is 15.9 Å². The molecule has 1 fully saturated rings. The number of hydrogen-bond acceptors (Lipinski definition) is 5. The van der Waals surface area contributed by atoms with Gasteiger partial charge in [-0.05, 0) is 28.8 Å². The molecule has 1 aromatic rings. The molecule has 0 bridgehead atoms. The van der Waals surface area contributed by atoms with Gasteiger partial charge in [0.25, 0.3) is 0 Å². The number of furan rings is 1. The van der Waals surface area contributed by atoms with E-state index >= 15 is 0 Å². The number of carbonyl (C=O) groups is 1. The lowest BCUT2D eigenvalue weighted by Gasteiger charge is -2.28. The van der Waals surface area contributed by atoms with E-state index in [1.807, 2.05) is 0 Å². The third-order valence-electron chi connectivity index (χ3n) is 3.28. The Morgan fingerprint density at radius 1 is 1.45 bits per heavy atom. The van der Waals surface area contributed by atoms with Gasteiger partial charge in [-0.15, -0.1) is 0 Å². The van der Waals surface area contributed by atoms with E-state index in [1.165, 1.54) is 0 Å². The van der Waals surface area contributed by atoms with E-state index in [0.717, 1.165) is 25.3 Å². The largest absolute Gasteiger partial charge is 0.475 e. The van der Waals surface area contributed by atoms with Crippen molar-refractivity contribution in [2.45, 2.75) is 42.7 Å². The zero-order chi connectivity index (χ0) is 14.9. The summed E-state index contributed by atoms with van der Waals surface area (Å²) in [6.45, 7) is 0. The lowest BCUT2D eigenvalue weighted by Crippen LogP contribution is -2.49. The van der Waals surface area contributed by atoms with Crippen molar-refractivity contribution in [3.8, 4) is 0 Å². The third-order valence-corrected chi connectivity index (χ3v) is 5.63. The Morgan fingerprint density at radius 3 is 2.65 bits per heavy atom. The Morgan fingerprint density at radius 2 is 2.10 bits per heavy atom. The van der Waals surface area contributed by atoms with E-state index < -0.39 is 21.8 Å². The van der Waals surface area contributed by atoms with Crippen LogP contribution in [0.5, 0.6) is 0 Å². The molecule has 2 unspecified atom stereocenters. The minimum Gasteiger partial charge on any atom is -0.475 e. The van der Waals surface area contributed by atoms with Crippen molar-refractivity contribution in [3.05, 3.63) is 16.5 Å². The van der Waals surface area contributed by atoms with E-state index in [4.69, 9.17) is 15.3 Å². The van der Waals surface area contributed by atoms with Crippen molar-refractivity contribution in [3.63, 3.8) is 0 Å². The summed E-state index contributed by atoms with van der Waals surface area (Å²) in [5.74, 6) is -1.77. The first-order valence-electron chi connectivity index (χ1n) is 6.12. The van der Waals surface area contributed by atoms with Crippen LogP contribution in [-0.4, -0.2) is 31.6 Å². The van der Waals surface area contributed by atoms with Crippen molar-refractivity contribution >= 4 is 31.9 Å². The van der Waals surface area contributed by atoms with E-state index in [2.05, 4.69) is 20.7 Å². The first-order valence-corrected chi connectivity index (χ1v) is 8.39. The summed E-state index contributed by atoms with van der Waals surface area (Å²) in [5, 5.41) is 8.80. The van der Waals surface area contributed by atoms with Gasteiger partial charge in [-0.1, -0.05) is 12.8 Å². The van der Waals surface area contributed by atoms with Gasteiger partial charge in [-0.25, -0.2) is 17.9 Å². The fourth-order valence-electron chi connectivity index (χ4n) is 2.21. The molecule has 7 nitrogen and oxygen atoms in total. The Bertz CT molecular complexity index is 612. The maximum absolute atomic E-state index is 12.3. The zero-order valence-electron chi connectivity index (χ0n) is 10.5. The van der Waals surface area contributed by atoms with Gasteiger partial charge in [0.15, 0.2) is 4.67 Å². The second-order valence-electron chi connectivity index (χ2n) is 4.73. The predicted molar refractivity (Wildman–Crippen MR) is 73.9 cm³/mol. The number of nitrogens with one attached hydrogen (secondary N) is 1. The molecule has 9 heteroatoms. The molecule has 1 aromatic heterocycles. The lowest BCUT2D eigenvalue weighted by atomic mass is 9.92. The molecular weight excluding hydrogens is 352 g/mol. The Labute approximate surface area is 124 Å². The molecule has 0 aromatic carbocycles. The van der Waals surface area contributed by atoms with Crippen LogP contribution < -0.4 is 10.5 Å². The van der Waals surface area contributed by atoms with Crippen molar-refractivity contribution in [2.24, 2.45) is 5.73 Å². The molecule has 0 aliphatic heterocycles. The summed E-state index contributed by atoms with van der Waals surface area (Å²) in [4.78, 5) is 10.6. The van der Waals surface area contributed by atoms with Crippen molar-refractivity contribution in [1.29, 1.82) is 0 Å². The average Bonchev–Trinajstić information content (AvgIpc) is 2.75. The number of nitrogens with two attached hydrogens (primary N) is 1. The standard InChI is InChI=1S/C11H15BrN2O5S/c12-10-9(5-8(19-10)11(15)16)20(17,18)14-7-4-2-1-3-6(7)13/h5-7,14H,1-4,13H2,(H,15,16). The first kappa shape index (κ1) is 15.5. The van der Waals surface area contributed by atoms with E-state index in [9.17, 15) is 13.2 Å². The van der Waals surface area contributed by atoms with Crippen LogP contribution in [0.25, 0.3) is 0 Å². The number of carboxylic acids is 1. The zero-order valence-corrected chi connectivity index (χ0v) is 12.9. The predicted octanol–water partition coefficient (Wildman–Crippen LogP) is 1.29. The quantitative estimate of drug-likeness (QED) is 0.737. The molecule has 1 aliphatic carbocycles. The van der Waals surface area contributed by atoms with Gasteiger partial charge in [-0.2, -0.15) is 0 Å². The van der Waals surface area contributed by atoms with Crippen LogP contribution in [0.4, 0.5) is 0 Å².